The number of nitrogens with two attached hydrogens (primary N) is 1. The predicted molar refractivity (Wildman–Crippen MR) is 60.6 cm³/mol. The highest BCUT2D eigenvalue weighted by Gasteiger charge is 2.26. The second kappa shape index (κ2) is 5.35. The number of hydrogen-bond acceptors (Lipinski definition) is 2. The third-order valence-corrected chi connectivity index (χ3v) is 3.24. The van der Waals surface area contributed by atoms with E-state index in [0.717, 1.165) is 6.54 Å². The fourth-order valence-electron chi connectivity index (χ4n) is 2.35. The number of hydrogen-bond donors (Lipinski definition) is 2. The Morgan fingerprint density at radius 2 is 2.29 bits per heavy atom. The second-order valence-corrected chi connectivity index (χ2v) is 4.31. The van der Waals surface area contributed by atoms with Gasteiger partial charge < -0.3 is 5.73 Å². The average Bonchev–Trinajstić information content (AvgIpc) is 2.18. The van der Waals surface area contributed by atoms with Crippen LogP contribution in [0.3, 0.4) is 0 Å². The minimum atomic E-state index is 0.131. The Bertz CT molecular complexity index is 189. The third kappa shape index (κ3) is 2.71. The van der Waals surface area contributed by atoms with E-state index in [1.165, 1.54) is 32.1 Å². The van der Waals surface area contributed by atoms with Crippen molar-refractivity contribution in [2.75, 3.05) is 6.54 Å². The first-order chi connectivity index (χ1) is 6.66. The Morgan fingerprint density at radius 1 is 1.57 bits per heavy atom. The van der Waals surface area contributed by atoms with Crippen LogP contribution >= 0.6 is 0 Å². The van der Waals surface area contributed by atoms with Crippen molar-refractivity contribution in [3.63, 3.8) is 0 Å². The molecule has 3 nitrogen and oxygen atoms in total. The summed E-state index contributed by atoms with van der Waals surface area (Å²) in [5.74, 6) is 0.313. The lowest BCUT2D eigenvalue weighted by molar-refractivity contribution is 0.124. The lowest BCUT2D eigenvalue weighted by Gasteiger charge is -2.39. The second-order valence-electron chi connectivity index (χ2n) is 4.31. The molecule has 1 aliphatic rings. The summed E-state index contributed by atoms with van der Waals surface area (Å²) >= 11 is 0. The SMILES string of the molecule is CCCC1CCCCN1C(C)C(=N)N. The third-order valence-electron chi connectivity index (χ3n) is 3.24. The summed E-state index contributed by atoms with van der Waals surface area (Å²) in [7, 11) is 0. The van der Waals surface area contributed by atoms with Crippen LogP contribution in [0.25, 0.3) is 0 Å². The quantitative estimate of drug-likeness (QED) is 0.535. The average molecular weight is 197 g/mol. The van der Waals surface area contributed by atoms with E-state index in [4.69, 9.17) is 11.1 Å². The van der Waals surface area contributed by atoms with Crippen LogP contribution < -0.4 is 5.73 Å². The minimum Gasteiger partial charge on any atom is -0.386 e. The van der Waals surface area contributed by atoms with E-state index in [0.29, 0.717) is 11.9 Å². The molecule has 0 radical (unpaired) electrons. The molecule has 1 aliphatic heterocycles. The van der Waals surface area contributed by atoms with Crippen LogP contribution in [0.4, 0.5) is 0 Å². The number of piperidine rings is 1. The highest BCUT2D eigenvalue weighted by atomic mass is 15.2. The van der Waals surface area contributed by atoms with Crippen molar-refractivity contribution >= 4 is 5.84 Å². The van der Waals surface area contributed by atoms with Gasteiger partial charge in [0, 0.05) is 6.04 Å². The Hall–Kier alpha value is -0.570. The van der Waals surface area contributed by atoms with E-state index in [9.17, 15) is 0 Å². The predicted octanol–water partition coefficient (Wildman–Crippen LogP) is 1.97. The van der Waals surface area contributed by atoms with Gasteiger partial charge in [0.1, 0.15) is 5.84 Å². The van der Waals surface area contributed by atoms with Crippen molar-refractivity contribution in [1.82, 2.24) is 4.90 Å². The number of nitrogens with zero attached hydrogens (tertiary/aromatic N) is 1. The Labute approximate surface area is 87.2 Å². The molecule has 14 heavy (non-hydrogen) atoms. The highest BCUT2D eigenvalue weighted by Crippen LogP contribution is 2.22. The van der Waals surface area contributed by atoms with Crippen LogP contribution in [-0.2, 0) is 0 Å². The van der Waals surface area contributed by atoms with Gasteiger partial charge in [0.05, 0.1) is 6.04 Å². The van der Waals surface area contributed by atoms with Crippen molar-refractivity contribution in [1.29, 1.82) is 5.41 Å². The van der Waals surface area contributed by atoms with E-state index in [1.807, 2.05) is 0 Å². The molecule has 1 rings (SSSR count). The van der Waals surface area contributed by atoms with Gasteiger partial charge in [0.25, 0.3) is 0 Å². The largest absolute Gasteiger partial charge is 0.386 e. The van der Waals surface area contributed by atoms with Crippen molar-refractivity contribution in [2.24, 2.45) is 5.73 Å². The van der Waals surface area contributed by atoms with Gasteiger partial charge in [0.2, 0.25) is 0 Å². The van der Waals surface area contributed by atoms with Crippen molar-refractivity contribution in [3.05, 3.63) is 0 Å². The first-order valence-electron chi connectivity index (χ1n) is 5.76. The van der Waals surface area contributed by atoms with Gasteiger partial charge in [-0.2, -0.15) is 0 Å². The zero-order valence-corrected chi connectivity index (χ0v) is 9.42. The molecule has 0 aromatic heterocycles. The van der Waals surface area contributed by atoms with Crippen molar-refractivity contribution in [2.45, 2.75) is 58.0 Å². The molecule has 2 unspecified atom stereocenters. The summed E-state index contributed by atoms with van der Waals surface area (Å²) in [5, 5.41) is 7.49. The van der Waals surface area contributed by atoms with Gasteiger partial charge in [-0.25, -0.2) is 0 Å². The smallest absolute Gasteiger partial charge is 0.108 e. The molecule has 1 heterocycles. The van der Waals surface area contributed by atoms with Crippen LogP contribution in [0.1, 0.15) is 46.0 Å². The van der Waals surface area contributed by atoms with E-state index >= 15 is 0 Å². The van der Waals surface area contributed by atoms with E-state index in [2.05, 4.69) is 18.7 Å². The summed E-state index contributed by atoms with van der Waals surface area (Å²) < 4.78 is 0. The summed E-state index contributed by atoms with van der Waals surface area (Å²) in [6, 6.07) is 0.791. The van der Waals surface area contributed by atoms with Crippen LogP contribution in [0, 0.1) is 5.41 Å². The summed E-state index contributed by atoms with van der Waals surface area (Å²) in [5.41, 5.74) is 5.57. The Morgan fingerprint density at radius 3 is 2.86 bits per heavy atom. The van der Waals surface area contributed by atoms with E-state index in [1.54, 1.807) is 0 Å². The van der Waals surface area contributed by atoms with Crippen LogP contribution in [0.2, 0.25) is 0 Å². The molecular weight excluding hydrogens is 174 g/mol. The molecule has 82 valence electrons. The summed E-state index contributed by atoms with van der Waals surface area (Å²) in [6.07, 6.45) is 6.36. The molecule has 1 saturated heterocycles. The van der Waals surface area contributed by atoms with Crippen LogP contribution in [0.5, 0.6) is 0 Å². The van der Waals surface area contributed by atoms with E-state index < -0.39 is 0 Å². The molecular formula is C11H23N3. The Kier molecular flexibility index (Phi) is 4.39. The minimum absolute atomic E-state index is 0.131. The van der Waals surface area contributed by atoms with Crippen LogP contribution in [0.15, 0.2) is 0 Å². The topological polar surface area (TPSA) is 53.1 Å². The summed E-state index contributed by atoms with van der Waals surface area (Å²) in [6.45, 7) is 5.40. The fourth-order valence-corrected chi connectivity index (χ4v) is 2.35. The van der Waals surface area contributed by atoms with Gasteiger partial charge in [-0.3, -0.25) is 10.3 Å². The standard InChI is InChI=1S/C11H23N3/c1-3-6-10-7-4-5-8-14(10)9(2)11(12)13/h9-10H,3-8H2,1-2H3,(H3,12,13). The molecule has 0 amide bonds. The Balaban J connectivity index is 2.57. The number of amidine groups is 1. The lowest BCUT2D eigenvalue weighted by atomic mass is 9.96. The molecule has 1 fully saturated rings. The van der Waals surface area contributed by atoms with Gasteiger partial charge in [0.15, 0.2) is 0 Å². The monoisotopic (exact) mass is 197 g/mol. The molecule has 0 saturated carbocycles. The first kappa shape index (κ1) is 11.5. The molecule has 0 aromatic rings. The molecule has 3 N–H and O–H groups in total. The van der Waals surface area contributed by atoms with Crippen molar-refractivity contribution < 1.29 is 0 Å². The molecule has 0 spiro atoms. The van der Waals surface area contributed by atoms with Gasteiger partial charge in [-0.1, -0.05) is 19.8 Å². The normalized spacial score (nSPS) is 26.0. The summed E-state index contributed by atoms with van der Waals surface area (Å²) in [4.78, 5) is 2.41. The number of nitrogens with one attached hydrogen (secondary N) is 1. The number of rotatable bonds is 4. The number of likely N-dealkylation sites (tertiary alicyclic amines) is 1. The lowest BCUT2D eigenvalue weighted by Crippen LogP contribution is -2.50. The van der Waals surface area contributed by atoms with Gasteiger partial charge in [-0.05, 0) is 32.7 Å². The molecule has 0 aliphatic carbocycles. The molecule has 0 bridgehead atoms. The van der Waals surface area contributed by atoms with Crippen LogP contribution in [-0.4, -0.2) is 29.4 Å². The van der Waals surface area contributed by atoms with Crippen molar-refractivity contribution in [3.8, 4) is 0 Å². The molecule has 2 atom stereocenters. The maximum Gasteiger partial charge on any atom is 0.108 e. The highest BCUT2D eigenvalue weighted by molar-refractivity contribution is 5.82. The first-order valence-corrected chi connectivity index (χ1v) is 5.76. The fraction of sp³-hybridized carbons (Fsp3) is 0.909. The van der Waals surface area contributed by atoms with Gasteiger partial charge >= 0.3 is 0 Å². The molecule has 3 heteroatoms. The zero-order chi connectivity index (χ0) is 10.6. The molecule has 0 aromatic carbocycles. The zero-order valence-electron chi connectivity index (χ0n) is 9.42. The van der Waals surface area contributed by atoms with E-state index in [-0.39, 0.29) is 6.04 Å². The maximum atomic E-state index is 7.49. The maximum absolute atomic E-state index is 7.49. The van der Waals surface area contributed by atoms with Gasteiger partial charge in [-0.15, -0.1) is 0 Å².